The molecule has 0 aliphatic rings. The standard InChI is InChI=1S/C69H128O6/c1-4-7-10-13-16-19-22-25-28-30-31-32-33-34-35-36-37-39-41-44-47-50-53-56-59-62-68(71)74-65-66(64-73-67(70)61-58-55-52-49-46-43-40-27-24-21-18-15-12-9-6-3)75-69(72)63-60-57-54-51-48-45-42-38-29-26-23-20-17-14-11-8-5-2/h17,20,26,29-31,66H,4-16,18-19,21-25,27-28,32-65H2,1-3H3/b20-17-,29-26-,31-30-. The molecule has 0 aliphatic carbocycles. The zero-order valence-electron chi connectivity index (χ0n) is 50.6. The Labute approximate surface area is 467 Å². The topological polar surface area (TPSA) is 78.9 Å². The van der Waals surface area contributed by atoms with E-state index in [1.54, 1.807) is 0 Å². The molecule has 1 atom stereocenters. The number of esters is 3. The van der Waals surface area contributed by atoms with Crippen molar-refractivity contribution in [1.82, 2.24) is 0 Å². The maximum atomic E-state index is 12.9. The highest BCUT2D eigenvalue weighted by Crippen LogP contribution is 2.18. The van der Waals surface area contributed by atoms with Crippen LogP contribution in [0, 0.1) is 0 Å². The molecular weight excluding hydrogens is 925 g/mol. The maximum absolute atomic E-state index is 12.9. The molecule has 75 heavy (non-hydrogen) atoms. The molecule has 6 heteroatoms. The number of ether oxygens (including phenoxy) is 3. The third kappa shape index (κ3) is 62.4. The van der Waals surface area contributed by atoms with Gasteiger partial charge in [0, 0.05) is 19.3 Å². The van der Waals surface area contributed by atoms with Crippen molar-refractivity contribution in [1.29, 1.82) is 0 Å². The summed E-state index contributed by atoms with van der Waals surface area (Å²) in [4.78, 5) is 38.3. The van der Waals surface area contributed by atoms with E-state index in [-0.39, 0.29) is 31.1 Å². The van der Waals surface area contributed by atoms with E-state index in [0.717, 1.165) is 70.6 Å². The fraction of sp³-hybridized carbons (Fsp3) is 0.870. The Morgan fingerprint density at radius 3 is 0.773 bits per heavy atom. The number of carbonyl (C=O) groups excluding carboxylic acids is 3. The minimum Gasteiger partial charge on any atom is -0.462 e. The summed E-state index contributed by atoms with van der Waals surface area (Å²) < 4.78 is 17.0. The predicted molar refractivity (Wildman–Crippen MR) is 326 cm³/mol. The third-order valence-corrected chi connectivity index (χ3v) is 15.1. The van der Waals surface area contributed by atoms with Crippen molar-refractivity contribution >= 4 is 17.9 Å². The summed E-state index contributed by atoms with van der Waals surface area (Å²) >= 11 is 0. The monoisotopic (exact) mass is 1050 g/mol. The van der Waals surface area contributed by atoms with Crippen LogP contribution in [0.3, 0.4) is 0 Å². The van der Waals surface area contributed by atoms with E-state index in [0.29, 0.717) is 19.3 Å². The molecule has 0 N–H and O–H groups in total. The quantitative estimate of drug-likeness (QED) is 0.0261. The van der Waals surface area contributed by atoms with Crippen LogP contribution in [0.5, 0.6) is 0 Å². The number of carbonyl (C=O) groups is 3. The number of hydrogen-bond acceptors (Lipinski definition) is 6. The molecule has 6 nitrogen and oxygen atoms in total. The van der Waals surface area contributed by atoms with Gasteiger partial charge in [-0.05, 0) is 77.0 Å². The van der Waals surface area contributed by atoms with Crippen molar-refractivity contribution in [2.24, 2.45) is 0 Å². The van der Waals surface area contributed by atoms with Gasteiger partial charge in [0.25, 0.3) is 0 Å². The summed E-state index contributed by atoms with van der Waals surface area (Å²) in [5.74, 6) is -0.853. The Morgan fingerprint density at radius 1 is 0.267 bits per heavy atom. The molecule has 0 saturated heterocycles. The lowest BCUT2D eigenvalue weighted by Gasteiger charge is -2.18. The van der Waals surface area contributed by atoms with Gasteiger partial charge in [-0.2, -0.15) is 0 Å². The Balaban J connectivity index is 4.26. The van der Waals surface area contributed by atoms with E-state index in [9.17, 15) is 14.4 Å². The van der Waals surface area contributed by atoms with Gasteiger partial charge in [0.05, 0.1) is 0 Å². The Bertz CT molecular complexity index is 1250. The van der Waals surface area contributed by atoms with E-state index in [1.165, 1.54) is 257 Å². The Hall–Kier alpha value is -2.37. The molecule has 1 unspecified atom stereocenters. The third-order valence-electron chi connectivity index (χ3n) is 15.1. The second-order valence-electron chi connectivity index (χ2n) is 22.7. The average Bonchev–Trinajstić information content (AvgIpc) is 3.41. The van der Waals surface area contributed by atoms with Crippen LogP contribution in [0.2, 0.25) is 0 Å². The number of unbranched alkanes of at least 4 members (excludes halogenated alkanes) is 45. The lowest BCUT2D eigenvalue weighted by molar-refractivity contribution is -0.167. The highest BCUT2D eigenvalue weighted by molar-refractivity contribution is 5.71. The minimum atomic E-state index is -0.774. The molecule has 440 valence electrons. The number of allylic oxidation sites excluding steroid dienone is 6. The van der Waals surface area contributed by atoms with Gasteiger partial charge in [0.15, 0.2) is 6.10 Å². The Morgan fingerprint density at radius 2 is 0.480 bits per heavy atom. The van der Waals surface area contributed by atoms with E-state index < -0.39 is 6.10 Å². The lowest BCUT2D eigenvalue weighted by Crippen LogP contribution is -2.30. The lowest BCUT2D eigenvalue weighted by atomic mass is 10.0. The molecule has 0 aromatic heterocycles. The molecule has 0 heterocycles. The Kier molecular flexibility index (Phi) is 62.1. The number of hydrogen-bond donors (Lipinski definition) is 0. The van der Waals surface area contributed by atoms with Crippen LogP contribution in [0.1, 0.15) is 367 Å². The fourth-order valence-electron chi connectivity index (χ4n) is 10.1. The molecule has 0 spiro atoms. The molecule has 0 radical (unpaired) electrons. The first kappa shape index (κ1) is 72.6. The van der Waals surface area contributed by atoms with Crippen LogP contribution in [0.25, 0.3) is 0 Å². The van der Waals surface area contributed by atoms with Crippen molar-refractivity contribution in [2.75, 3.05) is 13.2 Å². The smallest absolute Gasteiger partial charge is 0.306 e. The number of rotatable bonds is 62. The molecular formula is C69H128O6. The van der Waals surface area contributed by atoms with Gasteiger partial charge in [-0.15, -0.1) is 0 Å². The predicted octanol–water partition coefficient (Wildman–Crippen LogP) is 22.8. The molecule has 0 fully saturated rings. The van der Waals surface area contributed by atoms with Gasteiger partial charge in [0.1, 0.15) is 13.2 Å². The van der Waals surface area contributed by atoms with Crippen molar-refractivity contribution in [3.63, 3.8) is 0 Å². The highest BCUT2D eigenvalue weighted by Gasteiger charge is 2.19. The zero-order valence-corrected chi connectivity index (χ0v) is 50.6. The first-order valence-corrected chi connectivity index (χ1v) is 33.5. The van der Waals surface area contributed by atoms with E-state index in [1.807, 2.05) is 0 Å². The van der Waals surface area contributed by atoms with Crippen LogP contribution in [0.4, 0.5) is 0 Å². The summed E-state index contributed by atoms with van der Waals surface area (Å²) in [5.41, 5.74) is 0. The summed E-state index contributed by atoms with van der Waals surface area (Å²) in [7, 11) is 0. The fourth-order valence-corrected chi connectivity index (χ4v) is 10.1. The van der Waals surface area contributed by atoms with Gasteiger partial charge in [0.2, 0.25) is 0 Å². The molecule has 0 bridgehead atoms. The highest BCUT2D eigenvalue weighted by atomic mass is 16.6. The zero-order chi connectivity index (χ0) is 54.3. The first-order valence-electron chi connectivity index (χ1n) is 33.5. The van der Waals surface area contributed by atoms with Crippen molar-refractivity contribution in [2.45, 2.75) is 374 Å². The van der Waals surface area contributed by atoms with E-state index >= 15 is 0 Å². The second kappa shape index (κ2) is 64.2. The molecule has 0 amide bonds. The summed E-state index contributed by atoms with van der Waals surface area (Å²) in [6.07, 6.45) is 78.7. The van der Waals surface area contributed by atoms with Gasteiger partial charge < -0.3 is 14.2 Å². The van der Waals surface area contributed by atoms with Crippen LogP contribution in [-0.4, -0.2) is 37.2 Å². The van der Waals surface area contributed by atoms with Gasteiger partial charge in [-0.1, -0.05) is 308 Å². The normalized spacial score (nSPS) is 12.2. The van der Waals surface area contributed by atoms with Gasteiger partial charge in [-0.3, -0.25) is 14.4 Å². The average molecular weight is 1050 g/mol. The molecule has 0 saturated carbocycles. The maximum Gasteiger partial charge on any atom is 0.306 e. The van der Waals surface area contributed by atoms with Crippen LogP contribution >= 0.6 is 0 Å². The van der Waals surface area contributed by atoms with Gasteiger partial charge in [-0.25, -0.2) is 0 Å². The van der Waals surface area contributed by atoms with Crippen LogP contribution in [0.15, 0.2) is 36.5 Å². The first-order chi connectivity index (χ1) is 37.0. The summed E-state index contributed by atoms with van der Waals surface area (Å²) in [5, 5.41) is 0. The molecule has 0 aromatic rings. The van der Waals surface area contributed by atoms with E-state index in [2.05, 4.69) is 57.2 Å². The van der Waals surface area contributed by atoms with Crippen molar-refractivity contribution in [3.05, 3.63) is 36.5 Å². The van der Waals surface area contributed by atoms with Crippen LogP contribution in [-0.2, 0) is 28.6 Å². The second-order valence-corrected chi connectivity index (χ2v) is 22.7. The summed E-state index contributed by atoms with van der Waals surface area (Å²) in [6, 6.07) is 0. The molecule has 0 aromatic carbocycles. The van der Waals surface area contributed by atoms with Crippen molar-refractivity contribution < 1.29 is 28.6 Å². The van der Waals surface area contributed by atoms with Crippen LogP contribution < -0.4 is 0 Å². The van der Waals surface area contributed by atoms with Gasteiger partial charge >= 0.3 is 17.9 Å². The van der Waals surface area contributed by atoms with Crippen molar-refractivity contribution in [3.8, 4) is 0 Å². The molecule has 0 aliphatic heterocycles. The minimum absolute atomic E-state index is 0.0706. The summed E-state index contributed by atoms with van der Waals surface area (Å²) in [6.45, 7) is 6.67. The SMILES string of the molecule is CCCCC/C=C\C/C=C\CCCCCCCCCC(=O)OC(COC(=O)CCCCCCCCCCCCCCC/C=C\CCCCCCCCCC)COC(=O)CCCCCCCCCCCCCCCCC. The van der Waals surface area contributed by atoms with E-state index in [4.69, 9.17) is 14.2 Å². The largest absolute Gasteiger partial charge is 0.462 e. The molecule has 0 rings (SSSR count).